The van der Waals surface area contributed by atoms with Gasteiger partial charge in [0.2, 0.25) is 11.8 Å². The fraction of sp³-hybridized carbons (Fsp3) is 0.211. The molecule has 0 fully saturated rings. The van der Waals surface area contributed by atoms with Crippen LogP contribution in [0.5, 0.6) is 0 Å². The topological polar surface area (TPSA) is 78.5 Å². The van der Waals surface area contributed by atoms with E-state index in [9.17, 15) is 14.4 Å². The van der Waals surface area contributed by atoms with Crippen LogP contribution < -0.4 is 15.5 Å². The number of rotatable bonds is 7. The molecule has 0 radical (unpaired) electrons. The van der Waals surface area contributed by atoms with Gasteiger partial charge in [-0.15, -0.1) is 0 Å². The molecule has 2 rings (SSSR count). The highest BCUT2D eigenvalue weighted by molar-refractivity contribution is 6.35. The van der Waals surface area contributed by atoms with Gasteiger partial charge in [0.25, 0.3) is 0 Å². The molecule has 0 aliphatic rings. The van der Waals surface area contributed by atoms with Gasteiger partial charge in [0, 0.05) is 28.9 Å². The molecule has 0 bridgehead atoms. The molecule has 2 amide bonds. The van der Waals surface area contributed by atoms with E-state index in [1.54, 1.807) is 55.4 Å². The zero-order valence-electron chi connectivity index (χ0n) is 14.9. The molecule has 0 aliphatic heterocycles. The van der Waals surface area contributed by atoms with Gasteiger partial charge < -0.3 is 10.2 Å². The Labute approximate surface area is 167 Å². The van der Waals surface area contributed by atoms with Gasteiger partial charge in [0.15, 0.2) is 5.78 Å². The molecule has 0 saturated carbocycles. The normalized spacial score (nSPS) is 10.4. The van der Waals surface area contributed by atoms with Crippen LogP contribution in [0.1, 0.15) is 15.9 Å². The first-order chi connectivity index (χ1) is 12.8. The summed E-state index contributed by atoms with van der Waals surface area (Å²) in [6.07, 6.45) is 0. The number of imide groups is 1. The van der Waals surface area contributed by atoms with Gasteiger partial charge in [-0.25, -0.2) is 0 Å². The zero-order chi connectivity index (χ0) is 20.0. The minimum Gasteiger partial charge on any atom is -0.365 e. The van der Waals surface area contributed by atoms with E-state index >= 15 is 0 Å². The molecule has 0 atom stereocenters. The van der Waals surface area contributed by atoms with Crippen molar-refractivity contribution in [2.45, 2.75) is 0 Å². The van der Waals surface area contributed by atoms with Crippen LogP contribution in [0.2, 0.25) is 10.0 Å². The SMILES string of the molecule is CNCC(=O)NC(=O)CN(C)c1ccc(Cl)cc1C(=O)c1ccccc1Cl. The first-order valence-corrected chi connectivity index (χ1v) is 8.86. The van der Waals surface area contributed by atoms with Crippen LogP contribution in [0.15, 0.2) is 42.5 Å². The molecular weight excluding hydrogens is 389 g/mol. The molecule has 0 saturated heterocycles. The average Bonchev–Trinajstić information content (AvgIpc) is 2.61. The smallest absolute Gasteiger partial charge is 0.246 e. The Balaban J connectivity index is 2.27. The number of halogens is 2. The van der Waals surface area contributed by atoms with E-state index in [2.05, 4.69) is 10.6 Å². The predicted molar refractivity (Wildman–Crippen MR) is 107 cm³/mol. The standard InChI is InChI=1S/C19H19Cl2N3O3/c1-22-10-17(25)23-18(26)11-24(2)16-8-7-12(20)9-14(16)19(27)13-5-3-4-6-15(13)21/h3-9,22H,10-11H2,1-2H3,(H,23,25,26). The Hall–Kier alpha value is -2.41. The van der Waals surface area contributed by atoms with Crippen LogP contribution in [0.3, 0.4) is 0 Å². The summed E-state index contributed by atoms with van der Waals surface area (Å²) in [6.45, 7) is -0.0769. The average molecular weight is 408 g/mol. The largest absolute Gasteiger partial charge is 0.365 e. The van der Waals surface area contributed by atoms with Crippen molar-refractivity contribution in [1.29, 1.82) is 0 Å². The van der Waals surface area contributed by atoms with Gasteiger partial charge in [-0.3, -0.25) is 19.7 Å². The summed E-state index contributed by atoms with van der Waals surface area (Å²) in [5.41, 5.74) is 1.15. The summed E-state index contributed by atoms with van der Waals surface area (Å²) in [6, 6.07) is 11.5. The van der Waals surface area contributed by atoms with Crippen LogP contribution in [0.4, 0.5) is 5.69 Å². The zero-order valence-corrected chi connectivity index (χ0v) is 16.4. The van der Waals surface area contributed by atoms with Crippen LogP contribution in [0, 0.1) is 0 Å². The van der Waals surface area contributed by atoms with E-state index in [0.717, 1.165) is 0 Å². The van der Waals surface area contributed by atoms with E-state index in [1.165, 1.54) is 6.07 Å². The van der Waals surface area contributed by atoms with Crippen LogP contribution >= 0.6 is 23.2 Å². The number of hydrogen-bond acceptors (Lipinski definition) is 5. The number of nitrogens with zero attached hydrogens (tertiary/aromatic N) is 1. The molecule has 6 nitrogen and oxygen atoms in total. The number of anilines is 1. The minimum atomic E-state index is -0.483. The van der Waals surface area contributed by atoms with Gasteiger partial charge in [-0.05, 0) is 37.4 Å². The minimum absolute atomic E-state index is 0.0344. The van der Waals surface area contributed by atoms with E-state index < -0.39 is 11.8 Å². The Morgan fingerprint density at radius 1 is 1.00 bits per heavy atom. The van der Waals surface area contributed by atoms with E-state index in [4.69, 9.17) is 23.2 Å². The van der Waals surface area contributed by atoms with Crippen LogP contribution in [-0.2, 0) is 9.59 Å². The number of hydrogen-bond donors (Lipinski definition) is 2. The molecule has 27 heavy (non-hydrogen) atoms. The molecule has 0 heterocycles. The summed E-state index contributed by atoms with van der Waals surface area (Å²) in [4.78, 5) is 38.1. The highest BCUT2D eigenvalue weighted by atomic mass is 35.5. The molecular formula is C19H19Cl2N3O3. The summed E-state index contributed by atoms with van der Waals surface area (Å²) < 4.78 is 0. The second-order valence-electron chi connectivity index (χ2n) is 5.83. The first kappa shape index (κ1) is 20.9. The third-order valence-electron chi connectivity index (χ3n) is 3.73. The number of carbonyl (C=O) groups excluding carboxylic acids is 3. The van der Waals surface area contributed by atoms with Crippen molar-refractivity contribution in [2.24, 2.45) is 0 Å². The van der Waals surface area contributed by atoms with Crippen molar-refractivity contribution < 1.29 is 14.4 Å². The molecule has 2 aromatic carbocycles. The lowest BCUT2D eigenvalue weighted by atomic mass is 10.0. The number of benzene rings is 2. The molecule has 2 N–H and O–H groups in total. The Morgan fingerprint density at radius 3 is 2.37 bits per heavy atom. The molecule has 142 valence electrons. The van der Waals surface area contributed by atoms with Crippen LogP contribution in [0.25, 0.3) is 0 Å². The second kappa shape index (κ2) is 9.50. The first-order valence-electron chi connectivity index (χ1n) is 8.10. The number of nitrogens with one attached hydrogen (secondary N) is 2. The second-order valence-corrected chi connectivity index (χ2v) is 6.67. The molecule has 0 unspecified atom stereocenters. The van der Waals surface area contributed by atoms with Gasteiger partial charge in [0.05, 0.1) is 18.1 Å². The number of amides is 2. The molecule has 0 aliphatic carbocycles. The maximum atomic E-state index is 13.0. The Kier molecular flexibility index (Phi) is 7.36. The summed E-state index contributed by atoms with van der Waals surface area (Å²) in [5.74, 6) is -1.22. The summed E-state index contributed by atoms with van der Waals surface area (Å²) in [7, 11) is 3.26. The molecule has 0 aromatic heterocycles. The van der Waals surface area contributed by atoms with Gasteiger partial charge >= 0.3 is 0 Å². The van der Waals surface area contributed by atoms with E-state index in [0.29, 0.717) is 26.9 Å². The van der Waals surface area contributed by atoms with Gasteiger partial charge in [0.1, 0.15) is 0 Å². The highest BCUT2D eigenvalue weighted by Gasteiger charge is 2.20. The lowest BCUT2D eigenvalue weighted by Crippen LogP contribution is -2.42. The predicted octanol–water partition coefficient (Wildman–Crippen LogP) is 2.52. The summed E-state index contributed by atoms with van der Waals surface area (Å²) in [5, 5.41) is 5.64. The van der Waals surface area contributed by atoms with E-state index in [1.807, 2.05) is 0 Å². The number of carbonyl (C=O) groups is 3. The number of likely N-dealkylation sites (N-methyl/N-ethyl adjacent to an activating group) is 2. The third kappa shape index (κ3) is 5.53. The van der Waals surface area contributed by atoms with Gasteiger partial charge in [-0.1, -0.05) is 35.3 Å². The Bertz CT molecular complexity index is 871. The molecule has 2 aromatic rings. The quantitative estimate of drug-likeness (QED) is 0.689. The molecule has 8 heteroatoms. The molecule has 0 spiro atoms. The van der Waals surface area contributed by atoms with Crippen molar-refractivity contribution in [1.82, 2.24) is 10.6 Å². The fourth-order valence-corrected chi connectivity index (χ4v) is 2.91. The summed E-state index contributed by atoms with van der Waals surface area (Å²) >= 11 is 12.2. The third-order valence-corrected chi connectivity index (χ3v) is 4.29. The van der Waals surface area contributed by atoms with Crippen molar-refractivity contribution in [2.75, 3.05) is 32.1 Å². The monoisotopic (exact) mass is 407 g/mol. The van der Waals surface area contributed by atoms with E-state index in [-0.39, 0.29) is 18.9 Å². The van der Waals surface area contributed by atoms with Gasteiger partial charge in [-0.2, -0.15) is 0 Å². The maximum absolute atomic E-state index is 13.0. The maximum Gasteiger partial charge on any atom is 0.246 e. The lowest BCUT2D eigenvalue weighted by Gasteiger charge is -2.22. The van der Waals surface area contributed by atoms with Crippen molar-refractivity contribution in [3.05, 3.63) is 63.6 Å². The Morgan fingerprint density at radius 2 is 1.70 bits per heavy atom. The fourth-order valence-electron chi connectivity index (χ4n) is 2.51. The van der Waals surface area contributed by atoms with Crippen molar-refractivity contribution in [3.63, 3.8) is 0 Å². The lowest BCUT2D eigenvalue weighted by molar-refractivity contribution is -0.129. The highest BCUT2D eigenvalue weighted by Crippen LogP contribution is 2.28. The van der Waals surface area contributed by atoms with Crippen molar-refractivity contribution in [3.8, 4) is 0 Å². The van der Waals surface area contributed by atoms with Crippen LogP contribution in [-0.4, -0.2) is 44.8 Å². The number of ketones is 1. The van der Waals surface area contributed by atoms with Crippen molar-refractivity contribution >= 4 is 46.5 Å².